The molecule has 1 aliphatic heterocycles. The third-order valence-corrected chi connectivity index (χ3v) is 6.12. The first-order valence-electron chi connectivity index (χ1n) is 10.3. The Morgan fingerprint density at radius 2 is 1.71 bits per heavy atom. The molecule has 0 spiro atoms. The zero-order chi connectivity index (χ0) is 24.1. The monoisotopic (exact) mass is 516 g/mol. The van der Waals surface area contributed by atoms with Crippen LogP contribution in [0, 0.1) is 5.82 Å². The molecule has 9 heteroatoms. The second-order valence-electron chi connectivity index (χ2n) is 7.14. The lowest BCUT2D eigenvalue weighted by Crippen LogP contribution is -2.19. The quantitative estimate of drug-likeness (QED) is 0.343. The molecular formula is C25H19Cl2FN2O3S. The van der Waals surface area contributed by atoms with Crippen molar-refractivity contribution in [3.05, 3.63) is 92.6 Å². The summed E-state index contributed by atoms with van der Waals surface area (Å²) in [6.45, 7) is 2.69. The molecule has 0 unspecified atom stereocenters. The number of carbonyl (C=O) groups is 1. The molecule has 34 heavy (non-hydrogen) atoms. The molecule has 1 saturated heterocycles. The van der Waals surface area contributed by atoms with Crippen LogP contribution >= 0.6 is 35.0 Å². The number of carbonyl (C=O) groups excluding carboxylic acids is 1. The summed E-state index contributed by atoms with van der Waals surface area (Å²) in [4.78, 5) is 17.3. The van der Waals surface area contributed by atoms with Gasteiger partial charge in [0.15, 0.2) is 10.9 Å². The molecule has 0 saturated carbocycles. The fourth-order valence-corrected chi connectivity index (χ4v) is 4.52. The summed E-state index contributed by atoms with van der Waals surface area (Å²) < 4.78 is 24.2. The predicted molar refractivity (Wildman–Crippen MR) is 136 cm³/mol. The minimum absolute atomic E-state index is 0.184. The van der Waals surface area contributed by atoms with Gasteiger partial charge in [0.25, 0.3) is 5.91 Å². The Kier molecular flexibility index (Phi) is 7.77. The van der Waals surface area contributed by atoms with Gasteiger partial charge in [-0.1, -0.05) is 35.3 Å². The maximum atomic E-state index is 13.1. The molecule has 1 N–H and O–H groups in total. The van der Waals surface area contributed by atoms with Crippen LogP contribution in [-0.4, -0.2) is 17.7 Å². The number of nitrogens with one attached hydrogen (secondary N) is 1. The molecule has 0 aliphatic carbocycles. The van der Waals surface area contributed by atoms with E-state index in [9.17, 15) is 9.18 Å². The lowest BCUT2D eigenvalue weighted by Gasteiger charge is -2.11. The minimum atomic E-state index is -0.321. The third kappa shape index (κ3) is 6.11. The van der Waals surface area contributed by atoms with Crippen LogP contribution in [0.25, 0.3) is 6.08 Å². The van der Waals surface area contributed by atoms with E-state index in [1.165, 1.54) is 23.9 Å². The first-order chi connectivity index (χ1) is 16.4. The molecule has 3 aromatic rings. The SMILES string of the molecule is CCOc1ccc(N=C2NC(=O)/C(=C\c3cc(Cl)c(OCc4ccc(F)cc4)c(Cl)c3)S2)cc1. The Morgan fingerprint density at radius 3 is 2.35 bits per heavy atom. The van der Waals surface area contributed by atoms with Gasteiger partial charge in [-0.2, -0.15) is 0 Å². The summed E-state index contributed by atoms with van der Waals surface area (Å²) in [5, 5.41) is 3.82. The number of ether oxygens (including phenoxy) is 2. The average molecular weight is 517 g/mol. The van der Waals surface area contributed by atoms with Crippen LogP contribution in [0.15, 0.2) is 70.6 Å². The Bertz CT molecular complexity index is 1240. The highest BCUT2D eigenvalue weighted by Gasteiger charge is 2.24. The van der Waals surface area contributed by atoms with Gasteiger partial charge in [-0.05, 0) is 84.4 Å². The van der Waals surface area contributed by atoms with Crippen molar-refractivity contribution in [3.63, 3.8) is 0 Å². The summed E-state index contributed by atoms with van der Waals surface area (Å²) in [5.74, 6) is 0.488. The summed E-state index contributed by atoms with van der Waals surface area (Å²) in [6, 6.07) is 16.6. The van der Waals surface area contributed by atoms with E-state index in [1.807, 2.05) is 31.2 Å². The fraction of sp³-hybridized carbons (Fsp3) is 0.120. The van der Waals surface area contributed by atoms with Crippen molar-refractivity contribution in [2.45, 2.75) is 13.5 Å². The number of hydrogen-bond acceptors (Lipinski definition) is 5. The van der Waals surface area contributed by atoms with Crippen molar-refractivity contribution >= 4 is 57.8 Å². The Labute approximate surface area is 210 Å². The normalized spacial score (nSPS) is 15.6. The van der Waals surface area contributed by atoms with Crippen molar-refractivity contribution in [1.29, 1.82) is 0 Å². The smallest absolute Gasteiger partial charge is 0.264 e. The number of rotatable bonds is 7. The first-order valence-corrected chi connectivity index (χ1v) is 11.9. The molecule has 3 aromatic carbocycles. The number of nitrogens with zero attached hydrogens (tertiary/aromatic N) is 1. The highest BCUT2D eigenvalue weighted by molar-refractivity contribution is 8.18. The standard InChI is InChI=1S/C25H19Cl2FN2O3S/c1-2-32-19-9-7-18(8-10-19)29-25-30-24(31)22(34-25)13-16-11-20(26)23(21(27)12-16)33-14-15-3-5-17(28)6-4-15/h3-13H,2,14H2,1H3,(H,29,30,31)/b22-13+. The second kappa shape index (κ2) is 11.0. The Balaban J connectivity index is 1.46. The number of amides is 1. The predicted octanol–water partition coefficient (Wildman–Crippen LogP) is 7.00. The van der Waals surface area contributed by atoms with E-state index < -0.39 is 0 Å². The molecule has 174 valence electrons. The van der Waals surface area contributed by atoms with Gasteiger partial charge in [-0.25, -0.2) is 9.38 Å². The van der Waals surface area contributed by atoms with Crippen LogP contribution in [0.3, 0.4) is 0 Å². The fourth-order valence-electron chi connectivity index (χ4n) is 3.07. The summed E-state index contributed by atoms with van der Waals surface area (Å²) in [7, 11) is 0. The zero-order valence-electron chi connectivity index (χ0n) is 18.0. The molecule has 0 radical (unpaired) electrons. The van der Waals surface area contributed by atoms with E-state index in [1.54, 1.807) is 30.3 Å². The van der Waals surface area contributed by atoms with Gasteiger partial charge < -0.3 is 14.8 Å². The summed E-state index contributed by atoms with van der Waals surface area (Å²) >= 11 is 14.0. The number of thioether (sulfide) groups is 1. The van der Waals surface area contributed by atoms with Crippen molar-refractivity contribution in [2.75, 3.05) is 6.61 Å². The van der Waals surface area contributed by atoms with Gasteiger partial charge in [0.2, 0.25) is 0 Å². The van der Waals surface area contributed by atoms with Crippen molar-refractivity contribution in [1.82, 2.24) is 5.32 Å². The van der Waals surface area contributed by atoms with Gasteiger partial charge in [0.05, 0.1) is 27.2 Å². The maximum Gasteiger partial charge on any atom is 0.264 e. The van der Waals surface area contributed by atoms with E-state index in [-0.39, 0.29) is 18.3 Å². The molecule has 0 aromatic heterocycles. The largest absolute Gasteiger partial charge is 0.494 e. The highest BCUT2D eigenvalue weighted by Crippen LogP contribution is 2.37. The molecule has 1 aliphatic rings. The molecule has 1 fully saturated rings. The van der Waals surface area contributed by atoms with Crippen LogP contribution in [0.5, 0.6) is 11.5 Å². The van der Waals surface area contributed by atoms with Crippen LogP contribution in [0.4, 0.5) is 10.1 Å². The van der Waals surface area contributed by atoms with Crippen LogP contribution in [0.1, 0.15) is 18.1 Å². The van der Waals surface area contributed by atoms with E-state index in [0.717, 1.165) is 11.3 Å². The highest BCUT2D eigenvalue weighted by atomic mass is 35.5. The average Bonchev–Trinajstić information content (AvgIpc) is 3.14. The number of hydrogen-bond donors (Lipinski definition) is 1. The topological polar surface area (TPSA) is 59.9 Å². The lowest BCUT2D eigenvalue weighted by molar-refractivity contribution is -0.115. The van der Waals surface area contributed by atoms with Crippen LogP contribution in [-0.2, 0) is 11.4 Å². The lowest BCUT2D eigenvalue weighted by atomic mass is 10.2. The number of amidine groups is 1. The van der Waals surface area contributed by atoms with Crippen LogP contribution < -0.4 is 14.8 Å². The Morgan fingerprint density at radius 1 is 1.03 bits per heavy atom. The molecule has 4 rings (SSSR count). The van der Waals surface area contributed by atoms with Gasteiger partial charge in [0.1, 0.15) is 18.2 Å². The van der Waals surface area contributed by atoms with E-state index in [4.69, 9.17) is 32.7 Å². The molecule has 5 nitrogen and oxygen atoms in total. The summed E-state index contributed by atoms with van der Waals surface area (Å²) in [5.41, 5.74) is 2.11. The van der Waals surface area contributed by atoms with E-state index in [0.29, 0.717) is 43.7 Å². The number of benzene rings is 3. The van der Waals surface area contributed by atoms with Gasteiger partial charge in [-0.3, -0.25) is 4.79 Å². The van der Waals surface area contributed by atoms with Gasteiger partial charge >= 0.3 is 0 Å². The molecule has 1 amide bonds. The van der Waals surface area contributed by atoms with E-state index in [2.05, 4.69) is 10.3 Å². The molecule has 1 heterocycles. The van der Waals surface area contributed by atoms with Crippen molar-refractivity contribution in [2.24, 2.45) is 4.99 Å². The van der Waals surface area contributed by atoms with Crippen molar-refractivity contribution in [3.8, 4) is 11.5 Å². The zero-order valence-corrected chi connectivity index (χ0v) is 20.3. The third-order valence-electron chi connectivity index (χ3n) is 4.64. The van der Waals surface area contributed by atoms with Crippen LogP contribution in [0.2, 0.25) is 10.0 Å². The van der Waals surface area contributed by atoms with Crippen molar-refractivity contribution < 1.29 is 18.7 Å². The van der Waals surface area contributed by atoms with Gasteiger partial charge in [0, 0.05) is 0 Å². The number of halogens is 3. The maximum absolute atomic E-state index is 13.1. The molecule has 0 atom stereocenters. The first kappa shape index (κ1) is 24.1. The summed E-state index contributed by atoms with van der Waals surface area (Å²) in [6.07, 6.45) is 1.68. The van der Waals surface area contributed by atoms with E-state index >= 15 is 0 Å². The molecular weight excluding hydrogens is 498 g/mol. The minimum Gasteiger partial charge on any atom is -0.494 e. The number of aliphatic imine (C=N–C) groups is 1. The second-order valence-corrected chi connectivity index (χ2v) is 8.98. The Hall–Kier alpha value is -3.00. The van der Waals surface area contributed by atoms with Gasteiger partial charge in [-0.15, -0.1) is 0 Å². The molecule has 0 bridgehead atoms.